The van der Waals surface area contributed by atoms with Crippen LogP contribution in [0.15, 0.2) is 23.4 Å². The number of hydrogen-bond acceptors (Lipinski definition) is 9. The molecule has 0 bridgehead atoms. The average Bonchev–Trinajstić information content (AvgIpc) is 3.46. The van der Waals surface area contributed by atoms with Gasteiger partial charge in [0.25, 0.3) is 5.91 Å². The van der Waals surface area contributed by atoms with Crippen molar-refractivity contribution < 1.29 is 19.1 Å². The first-order valence-electron chi connectivity index (χ1n) is 9.79. The molecule has 0 aliphatic carbocycles. The molecule has 0 radical (unpaired) electrons. The van der Waals surface area contributed by atoms with Crippen LogP contribution in [0.25, 0.3) is 0 Å². The zero-order valence-corrected chi connectivity index (χ0v) is 19.6. The van der Waals surface area contributed by atoms with Gasteiger partial charge >= 0.3 is 0 Å². The molecule has 32 heavy (non-hydrogen) atoms. The predicted molar refractivity (Wildman–Crippen MR) is 120 cm³/mol. The number of rotatable bonds is 7. The molecule has 168 valence electrons. The van der Waals surface area contributed by atoms with E-state index < -0.39 is 5.25 Å². The lowest BCUT2D eigenvalue weighted by molar-refractivity contribution is -0.115. The van der Waals surface area contributed by atoms with E-state index >= 15 is 0 Å². The quantitative estimate of drug-likeness (QED) is 0.502. The number of thioether (sulfide) groups is 1. The molecular weight excluding hydrogens is 452 g/mol. The standard InChI is InChI=1S/C20H22N6O4S2/c1-10-11(2)31-19(22-10)23-17(27)12(3)32-20-25-24-16(26(20)4)8-21-18(28)13-5-6-14-15(7-13)30-9-29-14/h5-7,12H,8-9H2,1-4H3,(H,21,28)(H,22,23,27)/t12-/m0/s1. The number of hydrogen-bond donors (Lipinski definition) is 2. The van der Waals surface area contributed by atoms with Crippen LogP contribution in [0.2, 0.25) is 0 Å². The monoisotopic (exact) mass is 474 g/mol. The van der Waals surface area contributed by atoms with Crippen LogP contribution in [0.4, 0.5) is 5.13 Å². The zero-order chi connectivity index (χ0) is 22.8. The van der Waals surface area contributed by atoms with E-state index in [9.17, 15) is 9.59 Å². The Morgan fingerprint density at radius 1 is 1.25 bits per heavy atom. The van der Waals surface area contributed by atoms with Gasteiger partial charge in [0.15, 0.2) is 27.6 Å². The maximum absolute atomic E-state index is 12.5. The number of benzene rings is 1. The van der Waals surface area contributed by atoms with Crippen LogP contribution in [-0.4, -0.2) is 43.6 Å². The molecule has 1 aromatic carbocycles. The summed E-state index contributed by atoms with van der Waals surface area (Å²) < 4.78 is 12.3. The normalized spacial score (nSPS) is 13.1. The molecule has 0 saturated carbocycles. The van der Waals surface area contributed by atoms with E-state index in [2.05, 4.69) is 25.8 Å². The van der Waals surface area contributed by atoms with Gasteiger partial charge < -0.3 is 24.7 Å². The third-order valence-electron chi connectivity index (χ3n) is 4.88. The van der Waals surface area contributed by atoms with Crippen molar-refractivity contribution in [3.05, 3.63) is 40.2 Å². The second kappa shape index (κ2) is 9.17. The fourth-order valence-corrected chi connectivity index (χ4v) is 4.50. The van der Waals surface area contributed by atoms with Crippen molar-refractivity contribution in [2.24, 2.45) is 7.05 Å². The fourth-order valence-electron chi connectivity index (χ4n) is 2.85. The first-order valence-corrected chi connectivity index (χ1v) is 11.5. The van der Waals surface area contributed by atoms with Crippen LogP contribution in [0.3, 0.4) is 0 Å². The Kier molecular flexibility index (Phi) is 6.33. The summed E-state index contributed by atoms with van der Waals surface area (Å²) in [5, 5.41) is 14.7. The minimum atomic E-state index is -0.404. The van der Waals surface area contributed by atoms with E-state index in [1.54, 1.807) is 36.7 Å². The Labute approximate surface area is 192 Å². The minimum absolute atomic E-state index is 0.152. The molecule has 1 atom stereocenters. The number of aryl methyl sites for hydroxylation is 2. The van der Waals surface area contributed by atoms with Crippen molar-refractivity contribution in [2.75, 3.05) is 12.1 Å². The number of nitrogens with one attached hydrogen (secondary N) is 2. The van der Waals surface area contributed by atoms with Gasteiger partial charge in [0, 0.05) is 17.5 Å². The highest BCUT2D eigenvalue weighted by molar-refractivity contribution is 8.00. The molecule has 12 heteroatoms. The number of aromatic nitrogens is 4. The Hall–Kier alpha value is -3.12. The Bertz CT molecular complexity index is 1160. The third-order valence-corrected chi connectivity index (χ3v) is 7.00. The summed E-state index contributed by atoms with van der Waals surface area (Å²) >= 11 is 2.73. The number of fused-ring (bicyclic) bond motifs is 1. The largest absolute Gasteiger partial charge is 0.454 e. The van der Waals surface area contributed by atoms with Crippen molar-refractivity contribution in [1.82, 2.24) is 25.1 Å². The first kappa shape index (κ1) is 22.1. The van der Waals surface area contributed by atoms with Gasteiger partial charge in [0.05, 0.1) is 17.5 Å². The van der Waals surface area contributed by atoms with Crippen LogP contribution in [-0.2, 0) is 18.4 Å². The number of carbonyl (C=O) groups is 2. The van der Waals surface area contributed by atoms with Crippen LogP contribution in [0, 0.1) is 13.8 Å². The summed E-state index contributed by atoms with van der Waals surface area (Å²) in [4.78, 5) is 30.4. The lowest BCUT2D eigenvalue weighted by Crippen LogP contribution is -2.24. The van der Waals surface area contributed by atoms with Crippen LogP contribution in [0.1, 0.15) is 33.7 Å². The number of anilines is 1. The smallest absolute Gasteiger partial charge is 0.251 e. The highest BCUT2D eigenvalue weighted by Crippen LogP contribution is 2.32. The van der Waals surface area contributed by atoms with Crippen LogP contribution in [0.5, 0.6) is 11.5 Å². The second-order valence-electron chi connectivity index (χ2n) is 7.12. The van der Waals surface area contributed by atoms with E-state index in [0.29, 0.717) is 33.2 Å². The molecular formula is C20H22N6O4S2. The maximum atomic E-state index is 12.5. The molecule has 1 aliphatic rings. The Balaban J connectivity index is 1.33. The topological polar surface area (TPSA) is 120 Å². The molecule has 2 aromatic heterocycles. The zero-order valence-electron chi connectivity index (χ0n) is 18.0. The van der Waals surface area contributed by atoms with Crippen molar-refractivity contribution in [3.63, 3.8) is 0 Å². The molecule has 0 unspecified atom stereocenters. The van der Waals surface area contributed by atoms with Gasteiger partial charge in [-0.05, 0) is 39.0 Å². The van der Waals surface area contributed by atoms with E-state index in [4.69, 9.17) is 9.47 Å². The summed E-state index contributed by atoms with van der Waals surface area (Å²) in [5.74, 6) is 1.31. The van der Waals surface area contributed by atoms with E-state index in [1.165, 1.54) is 23.1 Å². The van der Waals surface area contributed by atoms with Gasteiger partial charge in [-0.25, -0.2) is 4.98 Å². The molecule has 3 aromatic rings. The molecule has 2 amide bonds. The summed E-state index contributed by atoms with van der Waals surface area (Å²) in [6.45, 7) is 6.01. The average molecular weight is 475 g/mol. The summed E-state index contributed by atoms with van der Waals surface area (Å²) in [5.41, 5.74) is 1.37. The lowest BCUT2D eigenvalue weighted by Gasteiger charge is -2.10. The number of ether oxygens (including phenoxy) is 2. The second-order valence-corrected chi connectivity index (χ2v) is 9.63. The predicted octanol–water partition coefficient (Wildman–Crippen LogP) is 2.67. The molecule has 0 spiro atoms. The van der Waals surface area contributed by atoms with Crippen LogP contribution >= 0.6 is 23.1 Å². The molecule has 0 fully saturated rings. The van der Waals surface area contributed by atoms with Crippen molar-refractivity contribution in [2.45, 2.75) is 37.7 Å². The van der Waals surface area contributed by atoms with Gasteiger partial charge in [-0.15, -0.1) is 21.5 Å². The number of thiazole rings is 1. The molecule has 2 N–H and O–H groups in total. The van der Waals surface area contributed by atoms with Crippen molar-refractivity contribution in [3.8, 4) is 11.5 Å². The molecule has 0 saturated heterocycles. The van der Waals surface area contributed by atoms with E-state index in [-0.39, 0.29) is 25.2 Å². The number of amides is 2. The Morgan fingerprint density at radius 3 is 2.78 bits per heavy atom. The van der Waals surface area contributed by atoms with Gasteiger partial charge in [-0.2, -0.15) is 0 Å². The fraction of sp³-hybridized carbons (Fsp3) is 0.350. The summed E-state index contributed by atoms with van der Waals surface area (Å²) in [7, 11) is 1.79. The van der Waals surface area contributed by atoms with Gasteiger partial charge in [0.2, 0.25) is 12.7 Å². The highest BCUT2D eigenvalue weighted by atomic mass is 32.2. The van der Waals surface area contributed by atoms with Gasteiger partial charge in [-0.1, -0.05) is 11.8 Å². The molecule has 4 rings (SSSR count). The number of carbonyl (C=O) groups excluding carboxylic acids is 2. The lowest BCUT2D eigenvalue weighted by atomic mass is 10.2. The van der Waals surface area contributed by atoms with Crippen molar-refractivity contribution >= 4 is 40.0 Å². The molecule has 10 nitrogen and oxygen atoms in total. The third kappa shape index (κ3) is 4.70. The highest BCUT2D eigenvalue weighted by Gasteiger charge is 2.21. The summed E-state index contributed by atoms with van der Waals surface area (Å²) in [6.07, 6.45) is 0. The van der Waals surface area contributed by atoms with Gasteiger partial charge in [-0.3, -0.25) is 9.59 Å². The van der Waals surface area contributed by atoms with E-state index in [1.807, 2.05) is 13.8 Å². The molecule has 1 aliphatic heterocycles. The van der Waals surface area contributed by atoms with Crippen LogP contribution < -0.4 is 20.1 Å². The maximum Gasteiger partial charge on any atom is 0.251 e. The summed E-state index contributed by atoms with van der Waals surface area (Å²) in [6, 6.07) is 5.02. The molecule has 3 heterocycles. The Morgan fingerprint density at radius 2 is 2.03 bits per heavy atom. The van der Waals surface area contributed by atoms with E-state index in [0.717, 1.165) is 10.6 Å². The SMILES string of the molecule is Cc1nc(NC(=O)[C@H](C)Sc2nnc(CNC(=O)c3ccc4c(c3)OCO4)n2C)sc1C. The first-order chi connectivity index (χ1) is 15.3. The minimum Gasteiger partial charge on any atom is -0.454 e. The van der Waals surface area contributed by atoms with Gasteiger partial charge in [0.1, 0.15) is 0 Å². The van der Waals surface area contributed by atoms with Crippen molar-refractivity contribution in [1.29, 1.82) is 0 Å². The number of nitrogens with zero attached hydrogens (tertiary/aromatic N) is 4.